The summed E-state index contributed by atoms with van der Waals surface area (Å²) in [6.07, 6.45) is 11.1. The summed E-state index contributed by atoms with van der Waals surface area (Å²) in [4.78, 5) is 0. The van der Waals surface area contributed by atoms with E-state index in [9.17, 15) is 0 Å². The zero-order valence-corrected chi connectivity index (χ0v) is 10.5. The molecule has 0 unspecified atom stereocenters. The zero-order chi connectivity index (χ0) is 11.4. The smallest absolute Gasteiger partial charge is 0.0691 e. The molecule has 2 heteroatoms. The average Bonchev–Trinajstić information content (AvgIpc) is 2.19. The Balaban J connectivity index is 2.49. The van der Waals surface area contributed by atoms with Gasteiger partial charge in [-0.15, -0.1) is 0 Å². The molecular formula is C13H28N2. The first kappa shape index (κ1) is 13.0. The van der Waals surface area contributed by atoms with Crippen LogP contribution in [-0.4, -0.2) is 5.66 Å². The van der Waals surface area contributed by atoms with Crippen LogP contribution in [0.3, 0.4) is 0 Å². The fraction of sp³-hybridized carbons (Fsp3) is 1.00. The molecular weight excluding hydrogens is 184 g/mol. The SMILES string of the molecule is CCCCCC(N)(N)C1(C)CCCCC1. The highest BCUT2D eigenvalue weighted by atomic mass is 15.0. The largest absolute Gasteiger partial charge is 0.313 e. The van der Waals surface area contributed by atoms with Crippen LogP contribution >= 0.6 is 0 Å². The van der Waals surface area contributed by atoms with Crippen molar-refractivity contribution < 1.29 is 0 Å². The summed E-state index contributed by atoms with van der Waals surface area (Å²) in [6.45, 7) is 4.51. The first-order chi connectivity index (χ1) is 7.02. The molecule has 0 aromatic rings. The van der Waals surface area contributed by atoms with Crippen molar-refractivity contribution in [1.29, 1.82) is 0 Å². The molecule has 1 fully saturated rings. The molecule has 0 aromatic heterocycles. The van der Waals surface area contributed by atoms with E-state index in [4.69, 9.17) is 11.5 Å². The van der Waals surface area contributed by atoms with Crippen molar-refractivity contribution in [2.45, 2.75) is 77.3 Å². The third-order valence-corrected chi connectivity index (χ3v) is 4.27. The van der Waals surface area contributed by atoms with E-state index in [-0.39, 0.29) is 5.41 Å². The lowest BCUT2D eigenvalue weighted by Crippen LogP contribution is -2.61. The Kier molecular flexibility index (Phi) is 4.60. The minimum atomic E-state index is -0.442. The highest BCUT2D eigenvalue weighted by Gasteiger charge is 2.42. The lowest BCUT2D eigenvalue weighted by molar-refractivity contribution is 0.0812. The monoisotopic (exact) mass is 212 g/mol. The lowest BCUT2D eigenvalue weighted by Gasteiger charge is -2.46. The summed E-state index contributed by atoms with van der Waals surface area (Å²) in [6, 6.07) is 0. The number of hydrogen-bond donors (Lipinski definition) is 2. The average molecular weight is 212 g/mol. The molecule has 0 atom stereocenters. The Hall–Kier alpha value is -0.0800. The van der Waals surface area contributed by atoms with Crippen LogP contribution in [0.4, 0.5) is 0 Å². The van der Waals surface area contributed by atoms with Crippen molar-refractivity contribution in [2.75, 3.05) is 0 Å². The van der Waals surface area contributed by atoms with E-state index in [0.29, 0.717) is 0 Å². The van der Waals surface area contributed by atoms with Gasteiger partial charge in [-0.2, -0.15) is 0 Å². The first-order valence-electron chi connectivity index (χ1n) is 6.60. The molecule has 0 bridgehead atoms. The van der Waals surface area contributed by atoms with Crippen molar-refractivity contribution in [1.82, 2.24) is 0 Å². The summed E-state index contributed by atoms with van der Waals surface area (Å²) in [5.74, 6) is 0. The van der Waals surface area contributed by atoms with Crippen LogP contribution in [-0.2, 0) is 0 Å². The van der Waals surface area contributed by atoms with E-state index in [1.807, 2.05) is 0 Å². The molecule has 0 aliphatic heterocycles. The maximum atomic E-state index is 6.34. The van der Waals surface area contributed by atoms with Crippen LogP contribution < -0.4 is 11.5 Å². The van der Waals surface area contributed by atoms with E-state index in [1.54, 1.807) is 0 Å². The predicted molar refractivity (Wildman–Crippen MR) is 66.4 cm³/mol. The Labute approximate surface area is 94.8 Å². The van der Waals surface area contributed by atoms with E-state index in [1.165, 1.54) is 51.4 Å². The summed E-state index contributed by atoms with van der Waals surface area (Å²) < 4.78 is 0. The molecule has 0 heterocycles. The summed E-state index contributed by atoms with van der Waals surface area (Å²) in [5, 5.41) is 0. The molecule has 0 saturated heterocycles. The summed E-state index contributed by atoms with van der Waals surface area (Å²) >= 11 is 0. The fourth-order valence-corrected chi connectivity index (χ4v) is 2.77. The van der Waals surface area contributed by atoms with E-state index >= 15 is 0 Å². The first-order valence-corrected chi connectivity index (χ1v) is 6.60. The van der Waals surface area contributed by atoms with Crippen LogP contribution in [0.2, 0.25) is 0 Å². The van der Waals surface area contributed by atoms with Gasteiger partial charge in [0.1, 0.15) is 0 Å². The molecule has 0 amide bonds. The van der Waals surface area contributed by atoms with Crippen molar-refractivity contribution in [3.63, 3.8) is 0 Å². The van der Waals surface area contributed by atoms with Crippen LogP contribution in [0.25, 0.3) is 0 Å². The molecule has 2 nitrogen and oxygen atoms in total. The van der Waals surface area contributed by atoms with Crippen molar-refractivity contribution in [3.8, 4) is 0 Å². The summed E-state index contributed by atoms with van der Waals surface area (Å²) in [7, 11) is 0. The van der Waals surface area contributed by atoms with Gasteiger partial charge in [-0.25, -0.2) is 0 Å². The van der Waals surface area contributed by atoms with Gasteiger partial charge >= 0.3 is 0 Å². The Bertz CT molecular complexity index is 181. The third-order valence-electron chi connectivity index (χ3n) is 4.27. The van der Waals surface area contributed by atoms with E-state index in [2.05, 4.69) is 13.8 Å². The molecule has 0 spiro atoms. The minimum absolute atomic E-state index is 0.180. The second kappa shape index (κ2) is 5.31. The molecule has 15 heavy (non-hydrogen) atoms. The van der Waals surface area contributed by atoms with Crippen molar-refractivity contribution in [2.24, 2.45) is 16.9 Å². The van der Waals surface area contributed by atoms with Gasteiger partial charge < -0.3 is 11.5 Å². The molecule has 0 aromatic carbocycles. The van der Waals surface area contributed by atoms with Gasteiger partial charge in [-0.3, -0.25) is 0 Å². The van der Waals surface area contributed by atoms with Crippen molar-refractivity contribution >= 4 is 0 Å². The molecule has 4 N–H and O–H groups in total. The zero-order valence-electron chi connectivity index (χ0n) is 10.5. The summed E-state index contributed by atoms with van der Waals surface area (Å²) in [5.41, 5.74) is 12.4. The number of unbranched alkanes of at least 4 members (excludes halogenated alkanes) is 2. The van der Waals surface area contributed by atoms with Crippen LogP contribution in [0, 0.1) is 5.41 Å². The van der Waals surface area contributed by atoms with Gasteiger partial charge in [0.2, 0.25) is 0 Å². The van der Waals surface area contributed by atoms with Gasteiger partial charge in [-0.1, -0.05) is 52.4 Å². The fourth-order valence-electron chi connectivity index (χ4n) is 2.77. The maximum Gasteiger partial charge on any atom is 0.0691 e. The molecule has 0 radical (unpaired) electrons. The third kappa shape index (κ3) is 3.18. The van der Waals surface area contributed by atoms with Crippen LogP contribution in [0.15, 0.2) is 0 Å². The number of nitrogens with two attached hydrogens (primary N) is 2. The highest BCUT2D eigenvalue weighted by molar-refractivity contribution is 4.96. The Morgan fingerprint density at radius 3 is 2.20 bits per heavy atom. The second-order valence-electron chi connectivity index (χ2n) is 5.62. The van der Waals surface area contributed by atoms with Crippen molar-refractivity contribution in [3.05, 3.63) is 0 Å². The normalized spacial score (nSPS) is 21.6. The van der Waals surface area contributed by atoms with E-state index in [0.717, 1.165) is 6.42 Å². The highest BCUT2D eigenvalue weighted by Crippen LogP contribution is 2.42. The second-order valence-corrected chi connectivity index (χ2v) is 5.62. The molecule has 1 aliphatic rings. The van der Waals surface area contributed by atoms with Crippen LogP contribution in [0.5, 0.6) is 0 Å². The molecule has 90 valence electrons. The molecule has 1 rings (SSSR count). The quantitative estimate of drug-likeness (QED) is 0.543. The van der Waals surface area contributed by atoms with Crippen LogP contribution in [0.1, 0.15) is 71.6 Å². The Morgan fingerprint density at radius 1 is 1.07 bits per heavy atom. The van der Waals surface area contributed by atoms with Gasteiger partial charge in [0.05, 0.1) is 5.66 Å². The number of hydrogen-bond acceptors (Lipinski definition) is 2. The Morgan fingerprint density at radius 2 is 1.67 bits per heavy atom. The topological polar surface area (TPSA) is 52.0 Å². The minimum Gasteiger partial charge on any atom is -0.313 e. The van der Waals surface area contributed by atoms with Gasteiger partial charge in [-0.05, 0) is 24.7 Å². The van der Waals surface area contributed by atoms with Gasteiger partial charge in [0, 0.05) is 0 Å². The predicted octanol–water partition coefficient (Wildman–Crippen LogP) is 3.15. The molecule has 1 saturated carbocycles. The lowest BCUT2D eigenvalue weighted by atomic mass is 9.66. The van der Waals surface area contributed by atoms with Gasteiger partial charge in [0.25, 0.3) is 0 Å². The van der Waals surface area contributed by atoms with E-state index < -0.39 is 5.66 Å². The molecule has 1 aliphatic carbocycles. The standard InChI is InChI=1S/C13H28N2/c1-3-4-6-11-13(14,15)12(2)9-7-5-8-10-12/h3-11,14-15H2,1-2H3. The van der Waals surface area contributed by atoms with Gasteiger partial charge in [0.15, 0.2) is 0 Å². The maximum absolute atomic E-state index is 6.34. The number of rotatable bonds is 5.